The molecule has 0 saturated carbocycles. The molecule has 24 heavy (non-hydrogen) atoms. The molecule has 1 aromatic carbocycles. The van der Waals surface area contributed by atoms with E-state index >= 15 is 0 Å². The van der Waals surface area contributed by atoms with Crippen molar-refractivity contribution in [2.45, 2.75) is 38.6 Å². The predicted octanol–water partition coefficient (Wildman–Crippen LogP) is 2.85. The summed E-state index contributed by atoms with van der Waals surface area (Å²) in [5, 5.41) is 3.65. The molecule has 3 rings (SSSR count). The van der Waals surface area contributed by atoms with Gasteiger partial charge in [-0.1, -0.05) is 43.3 Å². The first kappa shape index (κ1) is 17.1. The monoisotopic (exact) mass is 325 g/mol. The van der Waals surface area contributed by atoms with Gasteiger partial charge in [-0.05, 0) is 23.6 Å². The van der Waals surface area contributed by atoms with Gasteiger partial charge in [0.1, 0.15) is 0 Å². The van der Waals surface area contributed by atoms with Crippen LogP contribution >= 0.6 is 0 Å². The van der Waals surface area contributed by atoms with E-state index in [0.29, 0.717) is 6.04 Å². The van der Waals surface area contributed by atoms with E-state index in [1.54, 1.807) is 0 Å². The van der Waals surface area contributed by atoms with Gasteiger partial charge in [-0.25, -0.2) is 0 Å². The van der Waals surface area contributed by atoms with Crippen molar-refractivity contribution in [3.63, 3.8) is 0 Å². The summed E-state index contributed by atoms with van der Waals surface area (Å²) in [7, 11) is 0. The summed E-state index contributed by atoms with van der Waals surface area (Å²) in [6, 6.07) is 15.1. The lowest BCUT2D eigenvalue weighted by Crippen LogP contribution is -2.51. The van der Waals surface area contributed by atoms with Gasteiger partial charge < -0.3 is 10.1 Å². The molecule has 1 N–H and O–H groups in total. The standard InChI is InChI=1S/C20H27N3O/c1-2-19(22-14-18-9-6-10-21-13-18)20-16-23(11-12-24-20)15-17-7-4-3-5-8-17/h3-10,13,19-20,22H,2,11-12,14-16H2,1H3/t19-,20-/m0/s1. The summed E-state index contributed by atoms with van der Waals surface area (Å²) in [4.78, 5) is 6.68. The van der Waals surface area contributed by atoms with Gasteiger partial charge in [-0.2, -0.15) is 0 Å². The molecular formula is C20H27N3O. The Morgan fingerprint density at radius 2 is 2.04 bits per heavy atom. The molecule has 2 aromatic rings. The van der Waals surface area contributed by atoms with Crippen molar-refractivity contribution < 1.29 is 4.74 Å². The van der Waals surface area contributed by atoms with Crippen molar-refractivity contribution >= 4 is 0 Å². The van der Waals surface area contributed by atoms with E-state index in [-0.39, 0.29) is 6.10 Å². The van der Waals surface area contributed by atoms with Crippen molar-refractivity contribution in [3.8, 4) is 0 Å². The minimum atomic E-state index is 0.240. The number of rotatable bonds is 7. The van der Waals surface area contributed by atoms with Crippen LogP contribution in [0.5, 0.6) is 0 Å². The molecule has 4 nitrogen and oxygen atoms in total. The topological polar surface area (TPSA) is 37.4 Å². The molecule has 128 valence electrons. The fourth-order valence-corrected chi connectivity index (χ4v) is 3.25. The fourth-order valence-electron chi connectivity index (χ4n) is 3.25. The Kier molecular flexibility index (Phi) is 6.35. The molecule has 0 amide bonds. The third-order valence-corrected chi connectivity index (χ3v) is 4.61. The lowest BCUT2D eigenvalue weighted by molar-refractivity contribution is -0.0499. The first-order valence-corrected chi connectivity index (χ1v) is 8.85. The van der Waals surface area contributed by atoms with Gasteiger partial charge in [0, 0.05) is 44.6 Å². The number of ether oxygens (including phenoxy) is 1. The van der Waals surface area contributed by atoms with E-state index in [4.69, 9.17) is 4.74 Å². The number of hydrogen-bond acceptors (Lipinski definition) is 4. The third kappa shape index (κ3) is 4.87. The van der Waals surface area contributed by atoms with Crippen LogP contribution in [0.1, 0.15) is 24.5 Å². The Morgan fingerprint density at radius 3 is 2.79 bits per heavy atom. The predicted molar refractivity (Wildman–Crippen MR) is 96.6 cm³/mol. The van der Waals surface area contributed by atoms with E-state index in [2.05, 4.69) is 58.5 Å². The Hall–Kier alpha value is -1.75. The van der Waals surface area contributed by atoms with Gasteiger partial charge in [-0.3, -0.25) is 9.88 Å². The van der Waals surface area contributed by atoms with Crippen LogP contribution < -0.4 is 5.32 Å². The zero-order chi connectivity index (χ0) is 16.6. The zero-order valence-corrected chi connectivity index (χ0v) is 14.4. The van der Waals surface area contributed by atoms with Crippen molar-refractivity contribution in [3.05, 3.63) is 66.0 Å². The van der Waals surface area contributed by atoms with Crippen LogP contribution in [0.15, 0.2) is 54.9 Å². The summed E-state index contributed by atoms with van der Waals surface area (Å²) in [5.41, 5.74) is 2.59. The first-order valence-electron chi connectivity index (χ1n) is 8.85. The number of nitrogens with zero attached hydrogens (tertiary/aromatic N) is 2. The van der Waals surface area contributed by atoms with Crippen molar-refractivity contribution in [1.82, 2.24) is 15.2 Å². The minimum absolute atomic E-state index is 0.240. The van der Waals surface area contributed by atoms with Gasteiger partial charge in [0.05, 0.1) is 12.7 Å². The van der Waals surface area contributed by atoms with E-state index in [0.717, 1.165) is 39.2 Å². The lowest BCUT2D eigenvalue weighted by Gasteiger charge is -2.37. The highest BCUT2D eigenvalue weighted by atomic mass is 16.5. The Morgan fingerprint density at radius 1 is 1.21 bits per heavy atom. The maximum atomic E-state index is 6.07. The molecule has 1 aromatic heterocycles. The highest BCUT2D eigenvalue weighted by Crippen LogP contribution is 2.15. The minimum Gasteiger partial charge on any atom is -0.374 e. The second-order valence-electron chi connectivity index (χ2n) is 6.39. The van der Waals surface area contributed by atoms with E-state index in [1.807, 2.05) is 18.5 Å². The van der Waals surface area contributed by atoms with Crippen molar-refractivity contribution in [2.24, 2.45) is 0 Å². The van der Waals surface area contributed by atoms with Crippen LogP contribution in [0.25, 0.3) is 0 Å². The number of morpholine rings is 1. The second kappa shape index (κ2) is 8.92. The summed E-state index contributed by atoms with van der Waals surface area (Å²) >= 11 is 0. The summed E-state index contributed by atoms with van der Waals surface area (Å²) in [6.07, 6.45) is 5.03. The highest BCUT2D eigenvalue weighted by molar-refractivity contribution is 5.14. The normalized spacial score (nSPS) is 20.0. The number of hydrogen-bond donors (Lipinski definition) is 1. The number of benzene rings is 1. The van der Waals surface area contributed by atoms with Crippen LogP contribution in [0.2, 0.25) is 0 Å². The molecule has 1 fully saturated rings. The van der Waals surface area contributed by atoms with Gasteiger partial charge in [0.2, 0.25) is 0 Å². The molecule has 2 atom stereocenters. The Balaban J connectivity index is 1.53. The Bertz CT molecular complexity index is 590. The quantitative estimate of drug-likeness (QED) is 0.849. The van der Waals surface area contributed by atoms with E-state index < -0.39 is 0 Å². The van der Waals surface area contributed by atoms with Gasteiger partial charge in [-0.15, -0.1) is 0 Å². The molecule has 0 bridgehead atoms. The van der Waals surface area contributed by atoms with Crippen molar-refractivity contribution in [1.29, 1.82) is 0 Å². The Labute approximate surface area is 144 Å². The zero-order valence-electron chi connectivity index (χ0n) is 14.4. The second-order valence-corrected chi connectivity index (χ2v) is 6.39. The summed E-state index contributed by atoms with van der Waals surface area (Å²) < 4.78 is 6.07. The maximum Gasteiger partial charge on any atom is 0.0855 e. The van der Waals surface area contributed by atoms with Crippen LogP contribution in [-0.4, -0.2) is 41.7 Å². The summed E-state index contributed by atoms with van der Waals surface area (Å²) in [6.45, 7) is 6.85. The lowest BCUT2D eigenvalue weighted by atomic mass is 10.1. The highest BCUT2D eigenvalue weighted by Gasteiger charge is 2.26. The SMILES string of the molecule is CC[C@H](NCc1cccnc1)[C@@H]1CN(Cc2ccccc2)CCO1. The average molecular weight is 325 g/mol. The van der Waals surface area contributed by atoms with Crippen LogP contribution in [-0.2, 0) is 17.8 Å². The third-order valence-electron chi connectivity index (χ3n) is 4.61. The molecule has 0 unspecified atom stereocenters. The molecule has 4 heteroatoms. The molecular weight excluding hydrogens is 298 g/mol. The largest absolute Gasteiger partial charge is 0.374 e. The molecule has 2 heterocycles. The average Bonchev–Trinajstić information content (AvgIpc) is 2.64. The molecule has 1 aliphatic rings. The fraction of sp³-hybridized carbons (Fsp3) is 0.450. The number of nitrogens with one attached hydrogen (secondary N) is 1. The van der Waals surface area contributed by atoms with E-state index in [1.165, 1.54) is 11.1 Å². The van der Waals surface area contributed by atoms with Crippen LogP contribution in [0, 0.1) is 0 Å². The molecule has 0 radical (unpaired) electrons. The van der Waals surface area contributed by atoms with Gasteiger partial charge >= 0.3 is 0 Å². The van der Waals surface area contributed by atoms with E-state index in [9.17, 15) is 0 Å². The summed E-state index contributed by atoms with van der Waals surface area (Å²) in [5.74, 6) is 0. The molecule has 1 aliphatic heterocycles. The van der Waals surface area contributed by atoms with Gasteiger partial charge in [0.15, 0.2) is 0 Å². The molecule has 0 spiro atoms. The number of pyridine rings is 1. The van der Waals surface area contributed by atoms with Gasteiger partial charge in [0.25, 0.3) is 0 Å². The van der Waals surface area contributed by atoms with Crippen LogP contribution in [0.3, 0.4) is 0 Å². The van der Waals surface area contributed by atoms with Crippen LogP contribution in [0.4, 0.5) is 0 Å². The molecule has 1 saturated heterocycles. The molecule has 0 aliphatic carbocycles. The van der Waals surface area contributed by atoms with Crippen molar-refractivity contribution in [2.75, 3.05) is 19.7 Å². The maximum absolute atomic E-state index is 6.07. The first-order chi connectivity index (χ1) is 11.8. The number of aromatic nitrogens is 1. The smallest absolute Gasteiger partial charge is 0.0855 e.